The molecule has 2 N–H and O–H groups in total. The molecule has 16 heavy (non-hydrogen) atoms. The highest BCUT2D eigenvalue weighted by atomic mass is 19.1. The molecule has 1 aromatic rings. The molecule has 2 atom stereocenters. The van der Waals surface area contributed by atoms with Gasteiger partial charge in [0.25, 0.3) is 0 Å². The van der Waals surface area contributed by atoms with Crippen LogP contribution in [-0.2, 0) is 11.2 Å². The molecule has 0 saturated carbocycles. The van der Waals surface area contributed by atoms with Gasteiger partial charge < -0.3 is 10.5 Å². The van der Waals surface area contributed by atoms with Crippen LogP contribution in [0.4, 0.5) is 4.39 Å². The number of nitrogens with two attached hydrogens (primary N) is 1. The summed E-state index contributed by atoms with van der Waals surface area (Å²) in [6.07, 6.45) is 2.92. The maximum atomic E-state index is 12.7. The lowest BCUT2D eigenvalue weighted by Gasteiger charge is -2.14. The van der Waals surface area contributed by atoms with Gasteiger partial charge in [-0.15, -0.1) is 0 Å². The lowest BCUT2D eigenvalue weighted by atomic mass is 10.0. The van der Waals surface area contributed by atoms with Crippen LogP contribution in [0.25, 0.3) is 0 Å². The molecular formula is C13H20FNO. The molecule has 2 nitrogen and oxygen atoms in total. The predicted octanol–water partition coefficient (Wildman–Crippen LogP) is 2.51. The summed E-state index contributed by atoms with van der Waals surface area (Å²) < 4.78 is 17.8. The number of hydrogen-bond acceptors (Lipinski definition) is 2. The van der Waals surface area contributed by atoms with E-state index in [0.717, 1.165) is 24.8 Å². The topological polar surface area (TPSA) is 35.2 Å². The standard InChI is InChI=1S/C13H20FNO/c1-10(16-2)3-8-13(15)9-11-4-6-12(14)7-5-11/h4-7,10,13H,3,8-9,15H2,1-2H3. The van der Waals surface area contributed by atoms with Crippen molar-refractivity contribution in [3.63, 3.8) is 0 Å². The molecule has 1 rings (SSSR count). The number of halogens is 1. The van der Waals surface area contributed by atoms with Crippen LogP contribution >= 0.6 is 0 Å². The zero-order chi connectivity index (χ0) is 12.0. The fraction of sp³-hybridized carbons (Fsp3) is 0.538. The summed E-state index contributed by atoms with van der Waals surface area (Å²) >= 11 is 0. The van der Waals surface area contributed by atoms with E-state index in [1.807, 2.05) is 6.92 Å². The minimum Gasteiger partial charge on any atom is -0.382 e. The van der Waals surface area contributed by atoms with Crippen molar-refractivity contribution in [2.45, 2.75) is 38.3 Å². The molecule has 2 unspecified atom stereocenters. The van der Waals surface area contributed by atoms with Crippen LogP contribution in [-0.4, -0.2) is 19.3 Å². The van der Waals surface area contributed by atoms with Gasteiger partial charge >= 0.3 is 0 Å². The Bertz CT molecular complexity index is 299. The molecule has 0 amide bonds. The van der Waals surface area contributed by atoms with E-state index in [-0.39, 0.29) is 18.0 Å². The molecule has 90 valence electrons. The van der Waals surface area contributed by atoms with E-state index in [4.69, 9.17) is 10.5 Å². The van der Waals surface area contributed by atoms with Gasteiger partial charge in [-0.1, -0.05) is 12.1 Å². The first-order valence-electron chi connectivity index (χ1n) is 5.64. The Hall–Kier alpha value is -0.930. The molecule has 0 aromatic heterocycles. The van der Waals surface area contributed by atoms with Crippen LogP contribution in [0.3, 0.4) is 0 Å². The fourth-order valence-electron chi connectivity index (χ4n) is 1.59. The maximum absolute atomic E-state index is 12.7. The van der Waals surface area contributed by atoms with Crippen molar-refractivity contribution >= 4 is 0 Å². The minimum atomic E-state index is -0.203. The molecule has 3 heteroatoms. The third-order valence-electron chi connectivity index (χ3n) is 2.76. The SMILES string of the molecule is COC(C)CCC(N)Cc1ccc(F)cc1. The summed E-state index contributed by atoms with van der Waals surface area (Å²) in [4.78, 5) is 0. The molecule has 1 aromatic carbocycles. The molecule has 0 saturated heterocycles. The number of ether oxygens (including phenoxy) is 1. The molecule has 0 spiro atoms. The van der Waals surface area contributed by atoms with Gasteiger partial charge in [0.2, 0.25) is 0 Å². The van der Waals surface area contributed by atoms with E-state index in [9.17, 15) is 4.39 Å². The first kappa shape index (κ1) is 13.1. The van der Waals surface area contributed by atoms with E-state index < -0.39 is 0 Å². The van der Waals surface area contributed by atoms with Crippen LogP contribution in [0, 0.1) is 5.82 Å². The Kier molecular flexibility index (Phi) is 5.43. The zero-order valence-electron chi connectivity index (χ0n) is 9.95. The molecule has 0 bridgehead atoms. The van der Waals surface area contributed by atoms with Crippen molar-refractivity contribution < 1.29 is 9.13 Å². The molecule has 0 fully saturated rings. The van der Waals surface area contributed by atoms with Gasteiger partial charge in [0, 0.05) is 13.2 Å². The van der Waals surface area contributed by atoms with Crippen molar-refractivity contribution in [3.05, 3.63) is 35.6 Å². The molecule has 0 aliphatic carbocycles. The van der Waals surface area contributed by atoms with Crippen LogP contribution in [0.2, 0.25) is 0 Å². The molecule has 0 heterocycles. The zero-order valence-corrected chi connectivity index (χ0v) is 9.95. The maximum Gasteiger partial charge on any atom is 0.123 e. The molecular weight excluding hydrogens is 205 g/mol. The summed E-state index contributed by atoms with van der Waals surface area (Å²) in [5.41, 5.74) is 7.08. The van der Waals surface area contributed by atoms with Gasteiger partial charge in [-0.05, 0) is 43.9 Å². The van der Waals surface area contributed by atoms with Gasteiger partial charge in [0.05, 0.1) is 6.10 Å². The Balaban J connectivity index is 2.33. The van der Waals surface area contributed by atoms with Crippen molar-refractivity contribution in [3.8, 4) is 0 Å². The molecule has 0 radical (unpaired) electrons. The highest BCUT2D eigenvalue weighted by molar-refractivity contribution is 5.17. The number of rotatable bonds is 6. The van der Waals surface area contributed by atoms with Crippen molar-refractivity contribution in [1.82, 2.24) is 0 Å². The largest absolute Gasteiger partial charge is 0.382 e. The Morgan fingerprint density at radius 1 is 1.25 bits per heavy atom. The van der Waals surface area contributed by atoms with Crippen LogP contribution in [0.1, 0.15) is 25.3 Å². The molecule has 0 aliphatic rings. The van der Waals surface area contributed by atoms with E-state index in [1.54, 1.807) is 19.2 Å². The van der Waals surface area contributed by atoms with Crippen LogP contribution in [0.15, 0.2) is 24.3 Å². The first-order valence-corrected chi connectivity index (χ1v) is 5.64. The number of methoxy groups -OCH3 is 1. The van der Waals surface area contributed by atoms with Crippen molar-refractivity contribution in [2.75, 3.05) is 7.11 Å². The third-order valence-corrected chi connectivity index (χ3v) is 2.76. The fourth-order valence-corrected chi connectivity index (χ4v) is 1.59. The van der Waals surface area contributed by atoms with Gasteiger partial charge in [-0.25, -0.2) is 4.39 Å². The van der Waals surface area contributed by atoms with Gasteiger partial charge in [-0.2, -0.15) is 0 Å². The second kappa shape index (κ2) is 6.61. The van der Waals surface area contributed by atoms with Gasteiger partial charge in [0.15, 0.2) is 0 Å². The Morgan fingerprint density at radius 2 is 1.88 bits per heavy atom. The highest BCUT2D eigenvalue weighted by Crippen LogP contribution is 2.09. The minimum absolute atomic E-state index is 0.114. The molecule has 0 aliphatic heterocycles. The summed E-state index contributed by atoms with van der Waals surface area (Å²) in [6, 6.07) is 6.63. The lowest BCUT2D eigenvalue weighted by molar-refractivity contribution is 0.107. The van der Waals surface area contributed by atoms with E-state index in [1.165, 1.54) is 12.1 Å². The second-order valence-corrected chi connectivity index (χ2v) is 4.21. The van der Waals surface area contributed by atoms with E-state index >= 15 is 0 Å². The van der Waals surface area contributed by atoms with Crippen molar-refractivity contribution in [2.24, 2.45) is 5.73 Å². The average Bonchev–Trinajstić information content (AvgIpc) is 2.29. The Morgan fingerprint density at radius 3 is 2.44 bits per heavy atom. The highest BCUT2D eigenvalue weighted by Gasteiger charge is 2.07. The predicted molar refractivity (Wildman–Crippen MR) is 63.8 cm³/mol. The van der Waals surface area contributed by atoms with Crippen LogP contribution < -0.4 is 5.73 Å². The number of benzene rings is 1. The first-order chi connectivity index (χ1) is 7.61. The summed E-state index contributed by atoms with van der Waals surface area (Å²) in [5, 5.41) is 0. The lowest BCUT2D eigenvalue weighted by Crippen LogP contribution is -2.24. The van der Waals surface area contributed by atoms with Gasteiger partial charge in [-0.3, -0.25) is 0 Å². The number of hydrogen-bond donors (Lipinski definition) is 1. The second-order valence-electron chi connectivity index (χ2n) is 4.21. The Labute approximate surface area is 96.6 Å². The van der Waals surface area contributed by atoms with E-state index in [2.05, 4.69) is 0 Å². The summed E-state index contributed by atoms with van der Waals surface area (Å²) in [5.74, 6) is -0.203. The van der Waals surface area contributed by atoms with E-state index in [0.29, 0.717) is 0 Å². The van der Waals surface area contributed by atoms with Crippen LogP contribution in [0.5, 0.6) is 0 Å². The quantitative estimate of drug-likeness (QED) is 0.807. The summed E-state index contributed by atoms with van der Waals surface area (Å²) in [7, 11) is 1.70. The third kappa shape index (κ3) is 4.73. The normalized spacial score (nSPS) is 14.8. The smallest absolute Gasteiger partial charge is 0.123 e. The van der Waals surface area contributed by atoms with Gasteiger partial charge in [0.1, 0.15) is 5.82 Å². The monoisotopic (exact) mass is 225 g/mol. The summed E-state index contributed by atoms with van der Waals surface area (Å²) in [6.45, 7) is 2.03. The van der Waals surface area contributed by atoms with Crippen molar-refractivity contribution in [1.29, 1.82) is 0 Å². The average molecular weight is 225 g/mol.